The van der Waals surface area contributed by atoms with E-state index in [-0.39, 0.29) is 6.42 Å². The summed E-state index contributed by atoms with van der Waals surface area (Å²) >= 11 is 0. The SMILES string of the molecule is CCCC(C)(C)OC(C#N)(CC)P(=O)(O)O. The summed E-state index contributed by atoms with van der Waals surface area (Å²) in [5.74, 6) is 0. The second-order valence-corrected chi connectivity index (χ2v) is 6.22. The van der Waals surface area contributed by atoms with Gasteiger partial charge in [0.25, 0.3) is 5.34 Å². The fourth-order valence-electron chi connectivity index (χ4n) is 1.61. The van der Waals surface area contributed by atoms with Crippen molar-refractivity contribution >= 4 is 7.60 Å². The third kappa shape index (κ3) is 3.57. The molecule has 0 saturated heterocycles. The topological polar surface area (TPSA) is 90.5 Å². The molecular formula is C10H20NO4P. The second kappa shape index (κ2) is 5.29. The number of nitriles is 1. The van der Waals surface area contributed by atoms with Crippen LogP contribution < -0.4 is 0 Å². The monoisotopic (exact) mass is 249 g/mol. The number of hydrogen-bond acceptors (Lipinski definition) is 3. The number of nitrogens with zero attached hydrogens (tertiary/aromatic N) is 1. The van der Waals surface area contributed by atoms with Crippen LogP contribution in [-0.4, -0.2) is 20.7 Å². The lowest BCUT2D eigenvalue weighted by atomic mass is 10.0. The van der Waals surface area contributed by atoms with Crippen molar-refractivity contribution in [1.29, 1.82) is 5.26 Å². The molecular weight excluding hydrogens is 229 g/mol. The molecule has 0 fully saturated rings. The summed E-state index contributed by atoms with van der Waals surface area (Å²) in [5.41, 5.74) is -0.721. The maximum Gasteiger partial charge on any atom is 0.371 e. The van der Waals surface area contributed by atoms with Gasteiger partial charge in [-0.3, -0.25) is 4.57 Å². The third-order valence-electron chi connectivity index (χ3n) is 2.42. The summed E-state index contributed by atoms with van der Waals surface area (Å²) in [6, 6.07) is 1.63. The molecule has 0 radical (unpaired) electrons. The van der Waals surface area contributed by atoms with Crippen molar-refractivity contribution in [3.63, 3.8) is 0 Å². The highest BCUT2D eigenvalue weighted by molar-refractivity contribution is 7.53. The minimum Gasteiger partial charge on any atom is -0.344 e. The van der Waals surface area contributed by atoms with Gasteiger partial charge in [0, 0.05) is 0 Å². The summed E-state index contributed by atoms with van der Waals surface area (Å²) in [5, 5.41) is 6.95. The zero-order valence-electron chi connectivity index (χ0n) is 10.2. The second-order valence-electron chi connectivity index (χ2n) is 4.41. The minimum absolute atomic E-state index is 0.0408. The Kier molecular flexibility index (Phi) is 5.15. The van der Waals surface area contributed by atoms with Crippen molar-refractivity contribution in [2.45, 2.75) is 57.9 Å². The molecule has 1 unspecified atom stereocenters. The van der Waals surface area contributed by atoms with E-state index in [4.69, 9.17) is 10.00 Å². The molecule has 0 aliphatic heterocycles. The van der Waals surface area contributed by atoms with E-state index in [0.717, 1.165) is 6.42 Å². The predicted octanol–water partition coefficient (Wildman–Crippen LogP) is 2.39. The van der Waals surface area contributed by atoms with Gasteiger partial charge in [-0.25, -0.2) is 0 Å². The van der Waals surface area contributed by atoms with Crippen molar-refractivity contribution in [2.75, 3.05) is 0 Å². The van der Waals surface area contributed by atoms with Crippen molar-refractivity contribution in [3.8, 4) is 6.07 Å². The first-order chi connectivity index (χ1) is 7.14. The maximum atomic E-state index is 11.3. The molecule has 1 atom stereocenters. The van der Waals surface area contributed by atoms with Crippen LogP contribution in [-0.2, 0) is 9.30 Å². The van der Waals surface area contributed by atoms with E-state index in [2.05, 4.69) is 0 Å². The molecule has 6 heteroatoms. The average molecular weight is 249 g/mol. The van der Waals surface area contributed by atoms with E-state index in [1.165, 1.54) is 6.92 Å². The van der Waals surface area contributed by atoms with Gasteiger partial charge in [0.05, 0.1) is 5.60 Å². The molecule has 0 amide bonds. The first-order valence-electron chi connectivity index (χ1n) is 5.31. The Labute approximate surface area is 96.6 Å². The van der Waals surface area contributed by atoms with Crippen LogP contribution in [0.25, 0.3) is 0 Å². The lowest BCUT2D eigenvalue weighted by Crippen LogP contribution is -2.39. The van der Waals surface area contributed by atoms with Gasteiger partial charge in [0.15, 0.2) is 0 Å². The van der Waals surface area contributed by atoms with Gasteiger partial charge >= 0.3 is 7.60 Å². The van der Waals surface area contributed by atoms with Gasteiger partial charge in [0.2, 0.25) is 0 Å². The first kappa shape index (κ1) is 15.6. The molecule has 16 heavy (non-hydrogen) atoms. The largest absolute Gasteiger partial charge is 0.371 e. The highest BCUT2D eigenvalue weighted by atomic mass is 31.2. The smallest absolute Gasteiger partial charge is 0.344 e. The van der Waals surface area contributed by atoms with Crippen LogP contribution in [0.1, 0.15) is 47.0 Å². The Morgan fingerprint density at radius 3 is 2.12 bits per heavy atom. The zero-order valence-corrected chi connectivity index (χ0v) is 11.1. The van der Waals surface area contributed by atoms with Crippen molar-refractivity contribution in [3.05, 3.63) is 0 Å². The minimum atomic E-state index is -4.61. The lowest BCUT2D eigenvalue weighted by Gasteiger charge is -2.35. The van der Waals surface area contributed by atoms with Crippen LogP contribution in [0.15, 0.2) is 0 Å². The molecule has 2 N–H and O–H groups in total. The molecule has 0 aliphatic carbocycles. The molecule has 0 bridgehead atoms. The molecule has 0 rings (SSSR count). The molecule has 5 nitrogen and oxygen atoms in total. The molecule has 0 heterocycles. The van der Waals surface area contributed by atoms with E-state index in [1.54, 1.807) is 19.9 Å². The van der Waals surface area contributed by atoms with Crippen LogP contribution >= 0.6 is 7.60 Å². The molecule has 0 spiro atoms. The molecule has 94 valence electrons. The number of rotatable bonds is 6. The van der Waals surface area contributed by atoms with Crippen LogP contribution in [0, 0.1) is 11.3 Å². The third-order valence-corrected chi connectivity index (χ3v) is 3.87. The summed E-state index contributed by atoms with van der Waals surface area (Å²) in [6.07, 6.45) is 1.41. The summed E-state index contributed by atoms with van der Waals surface area (Å²) in [4.78, 5) is 18.4. The summed E-state index contributed by atoms with van der Waals surface area (Å²) in [6.45, 7) is 6.94. The summed E-state index contributed by atoms with van der Waals surface area (Å²) < 4.78 is 16.7. The van der Waals surface area contributed by atoms with Gasteiger partial charge in [-0.15, -0.1) is 0 Å². The summed E-state index contributed by atoms with van der Waals surface area (Å²) in [7, 11) is -4.61. The quantitative estimate of drug-likeness (QED) is 0.705. The van der Waals surface area contributed by atoms with Crippen LogP contribution in [0.5, 0.6) is 0 Å². The number of hydrogen-bond donors (Lipinski definition) is 2. The number of ether oxygens (including phenoxy) is 1. The van der Waals surface area contributed by atoms with E-state index in [9.17, 15) is 14.4 Å². The molecule has 0 aromatic carbocycles. The average Bonchev–Trinajstić information content (AvgIpc) is 2.12. The Morgan fingerprint density at radius 1 is 1.38 bits per heavy atom. The first-order valence-corrected chi connectivity index (χ1v) is 6.92. The standard InChI is InChI=1S/C10H20NO4P/c1-5-7-9(3,4)15-10(6-2,8-11)16(12,13)14/h5-7H2,1-4H3,(H2,12,13,14). The highest BCUT2D eigenvalue weighted by Gasteiger charge is 2.50. The highest BCUT2D eigenvalue weighted by Crippen LogP contribution is 2.54. The predicted molar refractivity (Wildman–Crippen MR) is 60.8 cm³/mol. The van der Waals surface area contributed by atoms with Gasteiger partial charge in [-0.05, 0) is 26.7 Å². The Balaban J connectivity index is 5.13. The van der Waals surface area contributed by atoms with E-state index in [1.807, 2.05) is 6.92 Å². The molecule has 0 saturated carbocycles. The zero-order chi connectivity index (χ0) is 13.0. The van der Waals surface area contributed by atoms with Crippen LogP contribution in [0.2, 0.25) is 0 Å². The lowest BCUT2D eigenvalue weighted by molar-refractivity contribution is -0.0856. The molecule has 0 aromatic rings. The fraction of sp³-hybridized carbons (Fsp3) is 0.900. The van der Waals surface area contributed by atoms with Crippen molar-refractivity contribution < 1.29 is 19.1 Å². The normalized spacial score (nSPS) is 16.6. The molecule has 0 aliphatic rings. The van der Waals surface area contributed by atoms with Gasteiger partial charge in [-0.1, -0.05) is 20.3 Å². The van der Waals surface area contributed by atoms with Crippen molar-refractivity contribution in [2.24, 2.45) is 0 Å². The van der Waals surface area contributed by atoms with E-state index >= 15 is 0 Å². The maximum absolute atomic E-state index is 11.3. The Morgan fingerprint density at radius 2 is 1.88 bits per heavy atom. The Bertz CT molecular complexity index is 317. The van der Waals surface area contributed by atoms with Gasteiger partial charge in [0.1, 0.15) is 6.07 Å². The van der Waals surface area contributed by atoms with Gasteiger partial charge in [-0.2, -0.15) is 5.26 Å². The van der Waals surface area contributed by atoms with Crippen LogP contribution in [0.3, 0.4) is 0 Å². The molecule has 0 aromatic heterocycles. The van der Waals surface area contributed by atoms with E-state index in [0.29, 0.717) is 6.42 Å². The van der Waals surface area contributed by atoms with Crippen molar-refractivity contribution in [1.82, 2.24) is 0 Å². The Hall–Kier alpha value is -0.400. The van der Waals surface area contributed by atoms with Gasteiger partial charge < -0.3 is 14.5 Å². The van der Waals surface area contributed by atoms with E-state index < -0.39 is 18.5 Å². The van der Waals surface area contributed by atoms with Crippen LogP contribution in [0.4, 0.5) is 0 Å². The fourth-order valence-corrected chi connectivity index (χ4v) is 2.52.